The Morgan fingerprint density at radius 3 is 2.56 bits per heavy atom. The van der Waals surface area contributed by atoms with Crippen molar-refractivity contribution in [1.82, 2.24) is 0 Å². The van der Waals surface area contributed by atoms with Gasteiger partial charge in [-0.15, -0.1) is 0 Å². The van der Waals surface area contributed by atoms with Crippen LogP contribution >= 0.6 is 0 Å². The van der Waals surface area contributed by atoms with Gasteiger partial charge in [0, 0.05) is 12.5 Å². The molecule has 1 aromatic carbocycles. The summed E-state index contributed by atoms with van der Waals surface area (Å²) >= 11 is 0. The Morgan fingerprint density at radius 1 is 1.33 bits per heavy atom. The van der Waals surface area contributed by atoms with Crippen molar-refractivity contribution in [3.8, 4) is 5.75 Å². The molecular formula is C13H15NO4. The molecule has 0 radical (unpaired) electrons. The van der Waals surface area contributed by atoms with E-state index in [1.165, 1.54) is 6.07 Å². The average Bonchev–Trinajstić information content (AvgIpc) is 2.27. The van der Waals surface area contributed by atoms with Gasteiger partial charge in [-0.2, -0.15) is 0 Å². The normalized spacial score (nSPS) is 14.9. The molecule has 96 valence electrons. The lowest BCUT2D eigenvalue weighted by atomic mass is 9.84. The van der Waals surface area contributed by atoms with Crippen molar-refractivity contribution in [3.63, 3.8) is 0 Å². The number of nitro groups is 1. The highest BCUT2D eigenvalue weighted by atomic mass is 16.6. The van der Waals surface area contributed by atoms with E-state index >= 15 is 0 Å². The summed E-state index contributed by atoms with van der Waals surface area (Å²) in [5, 5.41) is 11.1. The molecule has 1 heterocycles. The van der Waals surface area contributed by atoms with E-state index in [1.54, 1.807) is 6.07 Å². The van der Waals surface area contributed by atoms with Gasteiger partial charge in [0.25, 0.3) is 0 Å². The van der Waals surface area contributed by atoms with Crippen LogP contribution in [0.15, 0.2) is 12.1 Å². The predicted octanol–water partition coefficient (Wildman–Crippen LogP) is 2.86. The standard InChI is InChI=1S/C13H15NO4/c1-13(2,3)8-6-9-11(15)4-5-18-12(9)10(7-8)14(16)17/h6-7H,4-5H2,1-3H3. The molecule has 0 saturated carbocycles. The Hall–Kier alpha value is -1.91. The van der Waals surface area contributed by atoms with Crippen molar-refractivity contribution >= 4 is 11.5 Å². The smallest absolute Gasteiger partial charge is 0.311 e. The maximum absolute atomic E-state index is 11.8. The van der Waals surface area contributed by atoms with Gasteiger partial charge in [0.15, 0.2) is 5.78 Å². The van der Waals surface area contributed by atoms with Crippen LogP contribution in [0.3, 0.4) is 0 Å². The van der Waals surface area contributed by atoms with Crippen molar-refractivity contribution < 1.29 is 14.5 Å². The molecule has 0 aromatic heterocycles. The maximum Gasteiger partial charge on any atom is 0.311 e. The van der Waals surface area contributed by atoms with Crippen LogP contribution in [0.1, 0.15) is 43.1 Å². The van der Waals surface area contributed by atoms with Gasteiger partial charge in [0.2, 0.25) is 5.75 Å². The first-order valence-electron chi connectivity index (χ1n) is 5.79. The summed E-state index contributed by atoms with van der Waals surface area (Å²) in [6.07, 6.45) is 0.276. The number of nitrogens with zero attached hydrogens (tertiary/aromatic N) is 1. The molecule has 0 aliphatic carbocycles. The molecule has 5 nitrogen and oxygen atoms in total. The predicted molar refractivity (Wildman–Crippen MR) is 66.2 cm³/mol. The monoisotopic (exact) mass is 249 g/mol. The largest absolute Gasteiger partial charge is 0.486 e. The van der Waals surface area contributed by atoms with E-state index in [-0.39, 0.29) is 35.7 Å². The Balaban J connectivity index is 2.70. The molecule has 0 bridgehead atoms. The summed E-state index contributed by atoms with van der Waals surface area (Å²) in [5.41, 5.74) is 0.731. The molecule has 1 aliphatic rings. The van der Waals surface area contributed by atoms with Crippen molar-refractivity contribution in [2.24, 2.45) is 0 Å². The van der Waals surface area contributed by atoms with Crippen LogP contribution in [-0.4, -0.2) is 17.3 Å². The third-order valence-corrected chi connectivity index (χ3v) is 3.01. The lowest BCUT2D eigenvalue weighted by molar-refractivity contribution is -0.386. The topological polar surface area (TPSA) is 69.4 Å². The summed E-state index contributed by atoms with van der Waals surface area (Å²) in [6.45, 7) is 6.06. The molecule has 0 unspecified atom stereocenters. The average molecular weight is 249 g/mol. The molecule has 1 aromatic rings. The number of carbonyl (C=O) groups is 1. The number of hydrogen-bond donors (Lipinski definition) is 0. The molecule has 0 saturated heterocycles. The fourth-order valence-electron chi connectivity index (χ4n) is 1.92. The second kappa shape index (κ2) is 4.08. The zero-order valence-electron chi connectivity index (χ0n) is 10.6. The minimum atomic E-state index is -0.493. The van der Waals surface area contributed by atoms with Crippen LogP contribution in [0.5, 0.6) is 5.75 Å². The van der Waals surface area contributed by atoms with Crippen molar-refractivity contribution in [2.75, 3.05) is 6.61 Å². The second-order valence-electron chi connectivity index (χ2n) is 5.40. The summed E-state index contributed by atoms with van der Waals surface area (Å²) < 4.78 is 5.29. The minimum absolute atomic E-state index is 0.0922. The number of carbonyl (C=O) groups excluding carboxylic acids is 1. The first kappa shape index (κ1) is 12.5. The Kier molecular flexibility index (Phi) is 2.84. The van der Waals surface area contributed by atoms with Crippen LogP contribution in [0.4, 0.5) is 5.69 Å². The minimum Gasteiger partial charge on any atom is -0.486 e. The molecule has 0 atom stereocenters. The summed E-state index contributed by atoms with van der Waals surface area (Å²) in [4.78, 5) is 22.4. The van der Waals surface area contributed by atoms with Gasteiger partial charge in [0.1, 0.15) is 0 Å². The van der Waals surface area contributed by atoms with Crippen molar-refractivity contribution in [1.29, 1.82) is 0 Å². The number of rotatable bonds is 1. The molecule has 0 N–H and O–H groups in total. The maximum atomic E-state index is 11.8. The number of hydrogen-bond acceptors (Lipinski definition) is 4. The number of benzene rings is 1. The van der Waals surface area contributed by atoms with Gasteiger partial charge in [-0.3, -0.25) is 14.9 Å². The van der Waals surface area contributed by atoms with E-state index < -0.39 is 4.92 Å². The van der Waals surface area contributed by atoms with E-state index in [9.17, 15) is 14.9 Å². The van der Waals surface area contributed by atoms with E-state index in [4.69, 9.17) is 4.74 Å². The third-order valence-electron chi connectivity index (χ3n) is 3.01. The zero-order valence-corrected chi connectivity index (χ0v) is 10.6. The third kappa shape index (κ3) is 2.08. The van der Waals surface area contributed by atoms with Crippen molar-refractivity contribution in [2.45, 2.75) is 32.6 Å². The highest BCUT2D eigenvalue weighted by molar-refractivity contribution is 6.01. The van der Waals surface area contributed by atoms with Gasteiger partial charge in [-0.25, -0.2) is 0 Å². The van der Waals surface area contributed by atoms with E-state index in [1.807, 2.05) is 20.8 Å². The van der Waals surface area contributed by atoms with Gasteiger partial charge >= 0.3 is 5.69 Å². The molecule has 1 aliphatic heterocycles. The molecule has 0 fully saturated rings. The van der Waals surface area contributed by atoms with Gasteiger partial charge in [0.05, 0.1) is 17.1 Å². The number of Topliss-reactive ketones (excluding diaryl/α,β-unsaturated/α-hetero) is 1. The highest BCUT2D eigenvalue weighted by Gasteiger charge is 2.30. The fourth-order valence-corrected chi connectivity index (χ4v) is 1.92. The number of fused-ring (bicyclic) bond motifs is 1. The number of nitro benzene ring substituents is 1. The van der Waals surface area contributed by atoms with Crippen LogP contribution in [-0.2, 0) is 5.41 Å². The zero-order chi connectivity index (χ0) is 13.5. The summed E-state index contributed by atoms with van der Waals surface area (Å²) in [7, 11) is 0. The van der Waals surface area contributed by atoms with Gasteiger partial charge < -0.3 is 4.74 Å². The van der Waals surface area contributed by atoms with E-state index in [0.717, 1.165) is 5.56 Å². The molecule has 5 heteroatoms. The van der Waals surface area contributed by atoms with Crippen molar-refractivity contribution in [3.05, 3.63) is 33.4 Å². The first-order valence-corrected chi connectivity index (χ1v) is 5.79. The molecule has 18 heavy (non-hydrogen) atoms. The quantitative estimate of drug-likeness (QED) is 0.566. The Morgan fingerprint density at radius 2 is 2.00 bits per heavy atom. The van der Waals surface area contributed by atoms with Crippen LogP contribution in [0.2, 0.25) is 0 Å². The molecule has 2 rings (SSSR count). The highest BCUT2D eigenvalue weighted by Crippen LogP contribution is 2.38. The van der Waals surface area contributed by atoms with E-state index in [2.05, 4.69) is 0 Å². The SMILES string of the molecule is CC(C)(C)c1cc2c(c([N+](=O)[O-])c1)OCCC2=O. The summed E-state index contributed by atoms with van der Waals surface area (Å²) in [5.74, 6) is 0.0229. The van der Waals surface area contributed by atoms with Crippen LogP contribution < -0.4 is 4.74 Å². The van der Waals surface area contributed by atoms with E-state index in [0.29, 0.717) is 5.56 Å². The molecule has 0 spiro atoms. The van der Waals surface area contributed by atoms with Crippen LogP contribution in [0, 0.1) is 10.1 Å². The van der Waals surface area contributed by atoms with Crippen LogP contribution in [0.25, 0.3) is 0 Å². The first-order chi connectivity index (χ1) is 8.30. The molecule has 0 amide bonds. The fraction of sp³-hybridized carbons (Fsp3) is 0.462. The Bertz CT molecular complexity index is 511. The Labute approximate surface area is 105 Å². The number of ketones is 1. The lowest BCUT2D eigenvalue weighted by Gasteiger charge is -2.23. The number of ether oxygens (including phenoxy) is 1. The van der Waals surface area contributed by atoms with Gasteiger partial charge in [-0.05, 0) is 17.0 Å². The lowest BCUT2D eigenvalue weighted by Crippen LogP contribution is -2.19. The molecular weight excluding hydrogens is 234 g/mol. The second-order valence-corrected chi connectivity index (χ2v) is 5.40. The van der Waals surface area contributed by atoms with Gasteiger partial charge in [-0.1, -0.05) is 20.8 Å². The summed E-state index contributed by atoms with van der Waals surface area (Å²) in [6, 6.07) is 3.21.